The molecule has 1 fully saturated rings. The predicted molar refractivity (Wildman–Crippen MR) is 71.2 cm³/mol. The highest BCUT2D eigenvalue weighted by Gasteiger charge is 2.20. The van der Waals surface area contributed by atoms with Gasteiger partial charge in [0.15, 0.2) is 0 Å². The van der Waals surface area contributed by atoms with E-state index >= 15 is 0 Å². The molecule has 0 aliphatic heterocycles. The van der Waals surface area contributed by atoms with Crippen molar-refractivity contribution in [1.82, 2.24) is 0 Å². The molecule has 2 heteroatoms. The molecule has 0 amide bonds. The lowest BCUT2D eigenvalue weighted by atomic mass is 9.94. The maximum Gasteiger partial charge on any atom is 0.0663 e. The number of hydrogen-bond acceptors (Lipinski definition) is 2. The molecule has 0 bridgehead atoms. The van der Waals surface area contributed by atoms with Gasteiger partial charge in [-0.1, -0.05) is 17.7 Å². The van der Waals surface area contributed by atoms with E-state index < -0.39 is 0 Å². The quantitative estimate of drug-likeness (QED) is 0.867. The van der Waals surface area contributed by atoms with Crippen molar-refractivity contribution in [2.45, 2.75) is 52.2 Å². The molecule has 1 aromatic carbocycles. The summed E-state index contributed by atoms with van der Waals surface area (Å²) in [6, 6.07) is 4.41. The summed E-state index contributed by atoms with van der Waals surface area (Å²) in [6.07, 6.45) is 4.19. The molecule has 2 N–H and O–H groups in total. The van der Waals surface area contributed by atoms with Gasteiger partial charge in [0.05, 0.1) is 18.8 Å². The highest BCUT2D eigenvalue weighted by atomic mass is 16.5. The highest BCUT2D eigenvalue weighted by Crippen LogP contribution is 2.26. The first-order valence-electron chi connectivity index (χ1n) is 6.53. The largest absolute Gasteiger partial charge is 0.376 e. The standard InChI is InChI=1S/C15H23NO/c1-10-7-11(2)15(12(3)8-10)14(16)9-17-13-5-4-6-13/h7-8,13-14H,4-6,9,16H2,1-3H3. The van der Waals surface area contributed by atoms with Crippen molar-refractivity contribution in [2.24, 2.45) is 5.73 Å². The van der Waals surface area contributed by atoms with Crippen LogP contribution >= 0.6 is 0 Å². The van der Waals surface area contributed by atoms with Crippen molar-refractivity contribution in [2.75, 3.05) is 6.61 Å². The van der Waals surface area contributed by atoms with Gasteiger partial charge < -0.3 is 10.5 Å². The Hall–Kier alpha value is -0.860. The minimum absolute atomic E-state index is 0.0104. The van der Waals surface area contributed by atoms with Crippen molar-refractivity contribution >= 4 is 0 Å². The van der Waals surface area contributed by atoms with E-state index in [0.29, 0.717) is 12.7 Å². The van der Waals surface area contributed by atoms with E-state index in [-0.39, 0.29) is 6.04 Å². The Kier molecular flexibility index (Phi) is 3.85. The van der Waals surface area contributed by atoms with E-state index in [1.165, 1.54) is 41.5 Å². The number of benzene rings is 1. The van der Waals surface area contributed by atoms with Gasteiger partial charge in [-0.15, -0.1) is 0 Å². The van der Waals surface area contributed by atoms with Crippen LogP contribution in [0.15, 0.2) is 12.1 Å². The van der Waals surface area contributed by atoms with Crippen LogP contribution < -0.4 is 5.73 Å². The van der Waals surface area contributed by atoms with Crippen molar-refractivity contribution in [3.8, 4) is 0 Å². The molecule has 17 heavy (non-hydrogen) atoms. The summed E-state index contributed by atoms with van der Waals surface area (Å²) in [7, 11) is 0. The van der Waals surface area contributed by atoms with Crippen LogP contribution in [0, 0.1) is 20.8 Å². The number of nitrogens with two attached hydrogens (primary N) is 1. The number of rotatable bonds is 4. The molecular formula is C15H23NO. The average Bonchev–Trinajstić information content (AvgIpc) is 2.13. The van der Waals surface area contributed by atoms with Gasteiger partial charge in [-0.3, -0.25) is 0 Å². The van der Waals surface area contributed by atoms with Crippen LogP contribution in [-0.2, 0) is 4.74 Å². The maximum absolute atomic E-state index is 6.25. The lowest BCUT2D eigenvalue weighted by Gasteiger charge is -2.28. The number of hydrogen-bond donors (Lipinski definition) is 1. The molecule has 0 spiro atoms. The average molecular weight is 233 g/mol. The predicted octanol–water partition coefficient (Wildman–Crippen LogP) is 3.18. The SMILES string of the molecule is Cc1cc(C)c(C(N)COC2CCC2)c(C)c1. The van der Waals surface area contributed by atoms with E-state index in [0.717, 1.165) is 0 Å². The molecular weight excluding hydrogens is 210 g/mol. The van der Waals surface area contributed by atoms with Gasteiger partial charge in [-0.25, -0.2) is 0 Å². The second-order valence-electron chi connectivity index (χ2n) is 5.31. The second-order valence-corrected chi connectivity index (χ2v) is 5.31. The molecule has 1 atom stereocenters. The minimum Gasteiger partial charge on any atom is -0.376 e. The van der Waals surface area contributed by atoms with Gasteiger partial charge in [0.2, 0.25) is 0 Å². The topological polar surface area (TPSA) is 35.2 Å². The molecule has 94 valence electrons. The maximum atomic E-state index is 6.25. The second kappa shape index (κ2) is 5.19. The Morgan fingerprint density at radius 1 is 1.24 bits per heavy atom. The van der Waals surface area contributed by atoms with Crippen LogP contribution in [0.1, 0.15) is 47.6 Å². The molecule has 0 saturated heterocycles. The summed E-state index contributed by atoms with van der Waals surface area (Å²) < 4.78 is 5.81. The molecule has 1 unspecified atom stereocenters. The van der Waals surface area contributed by atoms with Crippen LogP contribution in [0.2, 0.25) is 0 Å². The summed E-state index contributed by atoms with van der Waals surface area (Å²) in [5.41, 5.74) is 11.4. The Morgan fingerprint density at radius 3 is 2.29 bits per heavy atom. The fraction of sp³-hybridized carbons (Fsp3) is 0.600. The zero-order valence-electron chi connectivity index (χ0n) is 11.1. The van der Waals surface area contributed by atoms with Crippen molar-refractivity contribution in [3.63, 3.8) is 0 Å². The lowest BCUT2D eigenvalue weighted by molar-refractivity contribution is -0.00457. The van der Waals surface area contributed by atoms with E-state index in [2.05, 4.69) is 32.9 Å². The van der Waals surface area contributed by atoms with Crippen molar-refractivity contribution in [3.05, 3.63) is 34.4 Å². The van der Waals surface area contributed by atoms with Gasteiger partial charge in [0.1, 0.15) is 0 Å². The van der Waals surface area contributed by atoms with E-state index in [1.807, 2.05) is 0 Å². The summed E-state index contributed by atoms with van der Waals surface area (Å²) in [4.78, 5) is 0. The van der Waals surface area contributed by atoms with Gasteiger partial charge >= 0.3 is 0 Å². The smallest absolute Gasteiger partial charge is 0.0663 e. The normalized spacial score (nSPS) is 17.9. The first-order chi connectivity index (χ1) is 8.08. The Labute approximate surface area is 104 Å². The lowest BCUT2D eigenvalue weighted by Crippen LogP contribution is -2.27. The molecule has 0 aromatic heterocycles. The van der Waals surface area contributed by atoms with Crippen LogP contribution in [-0.4, -0.2) is 12.7 Å². The van der Waals surface area contributed by atoms with Crippen molar-refractivity contribution in [1.29, 1.82) is 0 Å². The zero-order chi connectivity index (χ0) is 12.4. The van der Waals surface area contributed by atoms with Crippen LogP contribution in [0.5, 0.6) is 0 Å². The molecule has 1 saturated carbocycles. The number of aryl methyl sites for hydroxylation is 3. The third-order valence-corrected chi connectivity index (χ3v) is 3.67. The van der Waals surface area contributed by atoms with Crippen LogP contribution in [0.25, 0.3) is 0 Å². The molecule has 0 heterocycles. The third kappa shape index (κ3) is 2.88. The van der Waals surface area contributed by atoms with Crippen LogP contribution in [0.3, 0.4) is 0 Å². The highest BCUT2D eigenvalue weighted by molar-refractivity contribution is 5.39. The molecule has 1 aliphatic carbocycles. The first-order valence-corrected chi connectivity index (χ1v) is 6.53. The van der Waals surface area contributed by atoms with Crippen LogP contribution in [0.4, 0.5) is 0 Å². The Morgan fingerprint density at radius 2 is 1.82 bits per heavy atom. The van der Waals surface area contributed by atoms with E-state index in [9.17, 15) is 0 Å². The van der Waals surface area contributed by atoms with E-state index in [4.69, 9.17) is 10.5 Å². The fourth-order valence-corrected chi connectivity index (χ4v) is 2.64. The van der Waals surface area contributed by atoms with Gasteiger partial charge in [0.25, 0.3) is 0 Å². The summed E-state index contributed by atoms with van der Waals surface area (Å²) >= 11 is 0. The molecule has 1 aromatic rings. The molecule has 1 aliphatic rings. The Balaban J connectivity index is 2.04. The summed E-state index contributed by atoms with van der Waals surface area (Å²) in [6.45, 7) is 7.05. The molecule has 0 radical (unpaired) electrons. The third-order valence-electron chi connectivity index (χ3n) is 3.67. The van der Waals surface area contributed by atoms with E-state index in [1.54, 1.807) is 0 Å². The fourth-order valence-electron chi connectivity index (χ4n) is 2.64. The van der Waals surface area contributed by atoms with Gasteiger partial charge in [-0.2, -0.15) is 0 Å². The molecule has 2 rings (SSSR count). The number of ether oxygens (including phenoxy) is 1. The zero-order valence-corrected chi connectivity index (χ0v) is 11.1. The Bertz CT molecular complexity index is 373. The molecule has 2 nitrogen and oxygen atoms in total. The first kappa shape index (κ1) is 12.6. The summed E-state index contributed by atoms with van der Waals surface area (Å²) in [5, 5.41) is 0. The van der Waals surface area contributed by atoms with Gasteiger partial charge in [0, 0.05) is 0 Å². The summed E-state index contributed by atoms with van der Waals surface area (Å²) in [5.74, 6) is 0. The minimum atomic E-state index is 0.0104. The van der Waals surface area contributed by atoms with Gasteiger partial charge in [-0.05, 0) is 56.7 Å². The monoisotopic (exact) mass is 233 g/mol. The van der Waals surface area contributed by atoms with Crippen molar-refractivity contribution < 1.29 is 4.74 Å².